The van der Waals surface area contributed by atoms with Crippen LogP contribution in [0.4, 0.5) is 0 Å². The van der Waals surface area contributed by atoms with E-state index in [1.165, 1.54) is 0 Å². The van der Waals surface area contributed by atoms with Gasteiger partial charge in [0, 0.05) is 12.5 Å². The maximum Gasteiger partial charge on any atom is 0.375 e. The van der Waals surface area contributed by atoms with Crippen molar-refractivity contribution in [3.05, 3.63) is 0 Å². The summed E-state index contributed by atoms with van der Waals surface area (Å²) < 4.78 is 4.96. The van der Waals surface area contributed by atoms with E-state index in [0.717, 1.165) is 19.4 Å². The Labute approximate surface area is 114 Å². The molecule has 0 bridgehead atoms. The van der Waals surface area contributed by atoms with Crippen LogP contribution >= 0.6 is 0 Å². The lowest BCUT2D eigenvalue weighted by Crippen LogP contribution is -2.38. The first-order valence-corrected chi connectivity index (χ1v) is 6.66. The van der Waals surface area contributed by atoms with Gasteiger partial charge in [0.2, 0.25) is 5.78 Å². The molecule has 1 saturated heterocycles. The van der Waals surface area contributed by atoms with Gasteiger partial charge in [-0.15, -0.1) is 0 Å². The monoisotopic (exact) mass is 269 g/mol. The summed E-state index contributed by atoms with van der Waals surface area (Å²) in [6.07, 6.45) is 1.41. The smallest absolute Gasteiger partial charge is 0.375 e. The van der Waals surface area contributed by atoms with Gasteiger partial charge in [0.15, 0.2) is 0 Å². The molecular formula is C14H23NO4. The van der Waals surface area contributed by atoms with Crippen LogP contribution < -0.4 is 0 Å². The number of carbonyl (C=O) groups excluding carboxylic acids is 3. The summed E-state index contributed by atoms with van der Waals surface area (Å²) in [5.74, 6) is -1.94. The van der Waals surface area contributed by atoms with Crippen molar-refractivity contribution in [3.8, 4) is 0 Å². The lowest BCUT2D eigenvalue weighted by molar-refractivity contribution is -0.163. The van der Waals surface area contributed by atoms with Crippen molar-refractivity contribution in [3.63, 3.8) is 0 Å². The van der Waals surface area contributed by atoms with Gasteiger partial charge in [-0.05, 0) is 47.2 Å². The molecule has 1 atom stereocenters. The maximum atomic E-state index is 12.0. The molecule has 1 fully saturated rings. The average molecular weight is 269 g/mol. The van der Waals surface area contributed by atoms with Crippen molar-refractivity contribution in [2.45, 2.75) is 45.6 Å². The Kier molecular flexibility index (Phi) is 5.23. The zero-order valence-electron chi connectivity index (χ0n) is 12.2. The normalized spacial score (nSPS) is 20.9. The third kappa shape index (κ3) is 5.51. The van der Waals surface area contributed by atoms with Gasteiger partial charge in [-0.2, -0.15) is 0 Å². The van der Waals surface area contributed by atoms with E-state index in [4.69, 9.17) is 4.74 Å². The van der Waals surface area contributed by atoms with Crippen LogP contribution in [0.3, 0.4) is 0 Å². The summed E-state index contributed by atoms with van der Waals surface area (Å²) in [7, 11) is 1.95. The Bertz CT molecular complexity index is 370. The lowest BCUT2D eigenvalue weighted by atomic mass is 9.91. The van der Waals surface area contributed by atoms with Gasteiger partial charge in [-0.3, -0.25) is 9.59 Å². The molecule has 0 aromatic heterocycles. The maximum absolute atomic E-state index is 12.0. The van der Waals surface area contributed by atoms with E-state index in [9.17, 15) is 14.4 Å². The van der Waals surface area contributed by atoms with Gasteiger partial charge < -0.3 is 9.64 Å². The van der Waals surface area contributed by atoms with Gasteiger partial charge in [0.25, 0.3) is 0 Å². The van der Waals surface area contributed by atoms with Gasteiger partial charge in [0.1, 0.15) is 11.4 Å². The highest BCUT2D eigenvalue weighted by atomic mass is 16.6. The third-order valence-electron chi connectivity index (χ3n) is 3.04. The van der Waals surface area contributed by atoms with Crippen LogP contribution in [-0.2, 0) is 19.1 Å². The summed E-state index contributed by atoms with van der Waals surface area (Å²) in [6, 6.07) is 0. The van der Waals surface area contributed by atoms with Crippen molar-refractivity contribution < 1.29 is 19.1 Å². The molecule has 5 heteroatoms. The molecular weight excluding hydrogens is 246 g/mol. The summed E-state index contributed by atoms with van der Waals surface area (Å²) in [5, 5.41) is 0. The minimum absolute atomic E-state index is 0.134. The SMILES string of the molecule is CN1CCCC(C(=O)CC(=O)C(=O)OC(C)(C)C)C1. The van der Waals surface area contributed by atoms with Gasteiger partial charge in [-0.1, -0.05) is 0 Å². The topological polar surface area (TPSA) is 63.7 Å². The van der Waals surface area contributed by atoms with Crippen LogP contribution in [-0.4, -0.2) is 48.2 Å². The number of nitrogens with zero attached hydrogens (tertiary/aromatic N) is 1. The molecule has 0 amide bonds. The van der Waals surface area contributed by atoms with Crippen LogP contribution in [0, 0.1) is 5.92 Å². The number of Topliss-reactive ketones (excluding diaryl/α,β-unsaturated/α-hetero) is 2. The largest absolute Gasteiger partial charge is 0.454 e. The Morgan fingerprint density at radius 2 is 1.89 bits per heavy atom. The van der Waals surface area contributed by atoms with Crippen LogP contribution in [0.5, 0.6) is 0 Å². The Hall–Kier alpha value is -1.23. The molecule has 0 spiro atoms. The van der Waals surface area contributed by atoms with Gasteiger partial charge in [-0.25, -0.2) is 4.79 Å². The first-order valence-electron chi connectivity index (χ1n) is 6.66. The summed E-state index contributed by atoms with van der Waals surface area (Å²) >= 11 is 0. The first-order chi connectivity index (χ1) is 8.69. The standard InChI is InChI=1S/C14H23NO4/c1-14(2,3)19-13(18)12(17)8-11(16)10-6-5-7-15(4)9-10/h10H,5-9H2,1-4H3. The predicted octanol–water partition coefficient (Wildman–Crippen LogP) is 1.20. The first kappa shape index (κ1) is 15.8. The van der Waals surface area contributed by atoms with Gasteiger partial charge in [0.05, 0.1) is 6.42 Å². The predicted molar refractivity (Wildman–Crippen MR) is 70.7 cm³/mol. The quantitative estimate of drug-likeness (QED) is 0.436. The zero-order chi connectivity index (χ0) is 14.6. The van der Waals surface area contributed by atoms with Crippen molar-refractivity contribution in [2.75, 3.05) is 20.1 Å². The minimum atomic E-state index is -0.912. The van der Waals surface area contributed by atoms with E-state index >= 15 is 0 Å². The van der Waals surface area contributed by atoms with E-state index in [2.05, 4.69) is 4.90 Å². The Morgan fingerprint density at radius 1 is 1.26 bits per heavy atom. The van der Waals surface area contributed by atoms with E-state index in [0.29, 0.717) is 6.54 Å². The number of rotatable bonds is 4. The van der Waals surface area contributed by atoms with Crippen molar-refractivity contribution in [2.24, 2.45) is 5.92 Å². The molecule has 0 radical (unpaired) electrons. The number of ketones is 2. The molecule has 19 heavy (non-hydrogen) atoms. The number of carbonyl (C=O) groups is 3. The second kappa shape index (κ2) is 6.28. The van der Waals surface area contributed by atoms with E-state index < -0.39 is 17.4 Å². The molecule has 1 aliphatic heterocycles. The molecule has 0 N–H and O–H groups in total. The van der Waals surface area contributed by atoms with E-state index in [1.807, 2.05) is 7.05 Å². The number of piperidine rings is 1. The molecule has 0 aromatic rings. The highest BCUT2D eigenvalue weighted by molar-refractivity contribution is 6.37. The zero-order valence-corrected chi connectivity index (χ0v) is 12.2. The Morgan fingerprint density at radius 3 is 2.42 bits per heavy atom. The fourth-order valence-electron chi connectivity index (χ4n) is 2.14. The number of ether oxygens (including phenoxy) is 1. The summed E-state index contributed by atoms with van der Waals surface area (Å²) in [4.78, 5) is 37.2. The second-order valence-electron chi connectivity index (χ2n) is 6.17. The van der Waals surface area contributed by atoms with Crippen LogP contribution in [0.25, 0.3) is 0 Å². The van der Waals surface area contributed by atoms with Crippen molar-refractivity contribution in [1.82, 2.24) is 4.90 Å². The molecule has 0 saturated carbocycles. The van der Waals surface area contributed by atoms with E-state index in [-0.39, 0.29) is 18.1 Å². The molecule has 1 rings (SSSR count). The molecule has 0 aliphatic carbocycles. The molecule has 0 aromatic carbocycles. The average Bonchev–Trinajstić information content (AvgIpc) is 2.26. The fourth-order valence-corrected chi connectivity index (χ4v) is 2.14. The molecule has 1 unspecified atom stereocenters. The lowest BCUT2D eigenvalue weighted by Gasteiger charge is -2.28. The fraction of sp³-hybridized carbons (Fsp3) is 0.786. The summed E-state index contributed by atoms with van der Waals surface area (Å²) in [5.41, 5.74) is -0.707. The molecule has 1 heterocycles. The highest BCUT2D eigenvalue weighted by Crippen LogP contribution is 2.18. The Balaban J connectivity index is 2.47. The third-order valence-corrected chi connectivity index (χ3v) is 3.04. The molecule has 5 nitrogen and oxygen atoms in total. The van der Waals surface area contributed by atoms with E-state index in [1.54, 1.807) is 20.8 Å². The number of hydrogen-bond acceptors (Lipinski definition) is 5. The second-order valence-corrected chi connectivity index (χ2v) is 6.17. The minimum Gasteiger partial charge on any atom is -0.454 e. The number of esters is 1. The number of likely N-dealkylation sites (tertiary alicyclic amines) is 1. The van der Waals surface area contributed by atoms with Crippen LogP contribution in [0.15, 0.2) is 0 Å². The van der Waals surface area contributed by atoms with Crippen molar-refractivity contribution >= 4 is 17.5 Å². The summed E-state index contributed by atoms with van der Waals surface area (Å²) in [6.45, 7) is 6.71. The van der Waals surface area contributed by atoms with Crippen molar-refractivity contribution in [1.29, 1.82) is 0 Å². The molecule has 1 aliphatic rings. The van der Waals surface area contributed by atoms with Gasteiger partial charge >= 0.3 is 5.97 Å². The highest BCUT2D eigenvalue weighted by Gasteiger charge is 2.29. The van der Waals surface area contributed by atoms with Crippen LogP contribution in [0.1, 0.15) is 40.0 Å². The molecule has 108 valence electrons. The van der Waals surface area contributed by atoms with Crippen LogP contribution in [0.2, 0.25) is 0 Å². The number of hydrogen-bond donors (Lipinski definition) is 0.